The molecule has 1 spiro atoms. The molecule has 1 aliphatic carbocycles. The lowest BCUT2D eigenvalue weighted by atomic mass is 9.72. The summed E-state index contributed by atoms with van der Waals surface area (Å²) in [5, 5.41) is 29.3. The molecule has 9 heteroatoms. The van der Waals surface area contributed by atoms with Crippen LogP contribution in [-0.2, 0) is 17.3 Å². The third-order valence-electron chi connectivity index (χ3n) is 5.44. The minimum atomic E-state index is -0.618. The van der Waals surface area contributed by atoms with Gasteiger partial charge in [0.2, 0.25) is 11.1 Å². The van der Waals surface area contributed by atoms with Crippen molar-refractivity contribution in [3.63, 3.8) is 0 Å². The fourth-order valence-corrected chi connectivity index (χ4v) is 4.81. The molecular weight excluding hydrogens is 352 g/mol. The van der Waals surface area contributed by atoms with Gasteiger partial charge in [0.05, 0.1) is 17.9 Å². The summed E-state index contributed by atoms with van der Waals surface area (Å²) in [6.45, 7) is 1.75. The van der Waals surface area contributed by atoms with Gasteiger partial charge in [0.15, 0.2) is 0 Å². The number of aromatic nitrogens is 4. The van der Waals surface area contributed by atoms with Crippen molar-refractivity contribution in [2.45, 2.75) is 35.6 Å². The normalized spacial score (nSPS) is 23.8. The topological polar surface area (TPSA) is 105 Å². The van der Waals surface area contributed by atoms with Gasteiger partial charge in [0.25, 0.3) is 0 Å². The molecule has 4 rings (SSSR count). The number of benzene rings is 1. The molecule has 1 aromatic heterocycles. The maximum Gasteiger partial charge on any atom is 0.231 e. The van der Waals surface area contributed by atoms with E-state index in [0.717, 1.165) is 31.5 Å². The van der Waals surface area contributed by atoms with Crippen molar-refractivity contribution in [1.29, 1.82) is 0 Å². The second kappa shape index (κ2) is 6.98. The number of hydrogen-bond donors (Lipinski definition) is 3. The SMILES string of the molecule is Cn1nnnc1SCC(=O)N[C@H]1c2ccccc2C2(CCNCC2)[C@@H]1O. The number of piperidine rings is 1. The van der Waals surface area contributed by atoms with E-state index in [1.54, 1.807) is 7.05 Å². The number of carbonyl (C=O) groups excluding carboxylic acids is 1. The van der Waals surface area contributed by atoms with Gasteiger partial charge >= 0.3 is 0 Å². The van der Waals surface area contributed by atoms with Crippen molar-refractivity contribution in [2.75, 3.05) is 18.8 Å². The quantitative estimate of drug-likeness (QED) is 0.655. The molecular formula is C17H22N6O2S. The number of carbonyl (C=O) groups is 1. The van der Waals surface area contributed by atoms with Crippen LogP contribution in [0.2, 0.25) is 0 Å². The standard InChI is InChI=1S/C17H22N6O2S/c1-23-16(20-21-22-23)26-10-13(24)19-14-11-4-2-3-5-12(11)17(15(14)25)6-8-18-9-7-17/h2-5,14-15,18,25H,6-10H2,1H3,(H,19,24)/t14-,15+/m0/s1. The maximum atomic E-state index is 12.5. The highest BCUT2D eigenvalue weighted by Gasteiger charge is 2.52. The lowest BCUT2D eigenvalue weighted by Crippen LogP contribution is -2.48. The Kier molecular flexibility index (Phi) is 4.68. The van der Waals surface area contributed by atoms with E-state index < -0.39 is 6.10 Å². The number of aliphatic hydroxyl groups excluding tert-OH is 1. The lowest BCUT2D eigenvalue weighted by Gasteiger charge is -2.38. The van der Waals surface area contributed by atoms with Crippen molar-refractivity contribution in [1.82, 2.24) is 30.8 Å². The van der Waals surface area contributed by atoms with Gasteiger partial charge in [-0.05, 0) is 47.5 Å². The highest BCUT2D eigenvalue weighted by Crippen LogP contribution is 2.49. The zero-order chi connectivity index (χ0) is 18.1. The molecule has 1 aromatic carbocycles. The fraction of sp³-hybridized carbons (Fsp3) is 0.529. The van der Waals surface area contributed by atoms with Gasteiger partial charge in [-0.15, -0.1) is 5.10 Å². The Morgan fingerprint density at radius 3 is 2.92 bits per heavy atom. The van der Waals surface area contributed by atoms with Crippen LogP contribution in [0.4, 0.5) is 0 Å². The van der Waals surface area contributed by atoms with Crippen LogP contribution in [0.5, 0.6) is 0 Å². The molecule has 8 nitrogen and oxygen atoms in total. The predicted octanol–water partition coefficient (Wildman–Crippen LogP) is 0.155. The fourth-order valence-electron chi connectivity index (χ4n) is 4.15. The van der Waals surface area contributed by atoms with Gasteiger partial charge in [-0.25, -0.2) is 4.68 Å². The summed E-state index contributed by atoms with van der Waals surface area (Å²) in [5.41, 5.74) is 1.92. The van der Waals surface area contributed by atoms with E-state index in [-0.39, 0.29) is 23.1 Å². The third-order valence-corrected chi connectivity index (χ3v) is 6.45. The van der Waals surface area contributed by atoms with Crippen LogP contribution in [0.1, 0.15) is 30.0 Å². The van der Waals surface area contributed by atoms with Crippen LogP contribution in [0.15, 0.2) is 29.4 Å². The molecule has 1 amide bonds. The molecule has 1 fully saturated rings. The molecule has 138 valence electrons. The molecule has 3 N–H and O–H groups in total. The van der Waals surface area contributed by atoms with Crippen molar-refractivity contribution in [2.24, 2.45) is 7.05 Å². The first kappa shape index (κ1) is 17.4. The maximum absolute atomic E-state index is 12.5. The van der Waals surface area contributed by atoms with Gasteiger partial charge in [0.1, 0.15) is 0 Å². The number of fused-ring (bicyclic) bond motifs is 2. The number of amides is 1. The minimum Gasteiger partial charge on any atom is -0.390 e. The van der Waals surface area contributed by atoms with Crippen LogP contribution in [0, 0.1) is 0 Å². The summed E-state index contributed by atoms with van der Waals surface area (Å²) in [4.78, 5) is 12.5. The van der Waals surface area contributed by atoms with E-state index >= 15 is 0 Å². The zero-order valence-corrected chi connectivity index (χ0v) is 15.4. The van der Waals surface area contributed by atoms with Gasteiger partial charge in [-0.1, -0.05) is 36.0 Å². The van der Waals surface area contributed by atoms with E-state index in [2.05, 4.69) is 32.2 Å². The van der Waals surface area contributed by atoms with Crippen LogP contribution in [-0.4, -0.2) is 56.2 Å². The van der Waals surface area contributed by atoms with Gasteiger partial charge < -0.3 is 15.7 Å². The molecule has 26 heavy (non-hydrogen) atoms. The number of tetrazole rings is 1. The van der Waals surface area contributed by atoms with E-state index in [9.17, 15) is 9.90 Å². The minimum absolute atomic E-state index is 0.136. The largest absolute Gasteiger partial charge is 0.390 e. The Balaban J connectivity index is 1.51. The third kappa shape index (κ3) is 2.89. The van der Waals surface area contributed by atoms with E-state index in [4.69, 9.17) is 0 Å². The highest BCUT2D eigenvalue weighted by atomic mass is 32.2. The first-order valence-electron chi connectivity index (χ1n) is 8.74. The Morgan fingerprint density at radius 1 is 1.42 bits per heavy atom. The van der Waals surface area contributed by atoms with Crippen molar-refractivity contribution < 1.29 is 9.90 Å². The summed E-state index contributed by atoms with van der Waals surface area (Å²) in [7, 11) is 1.73. The second-order valence-corrected chi connectivity index (χ2v) is 7.80. The number of nitrogens with zero attached hydrogens (tertiary/aromatic N) is 4. The first-order valence-corrected chi connectivity index (χ1v) is 9.73. The number of nitrogens with one attached hydrogen (secondary N) is 2. The van der Waals surface area contributed by atoms with E-state index in [0.29, 0.717) is 5.16 Å². The Hall–Kier alpha value is -1.97. The summed E-state index contributed by atoms with van der Waals surface area (Å²) >= 11 is 1.28. The Bertz CT molecular complexity index is 804. The summed E-state index contributed by atoms with van der Waals surface area (Å²) < 4.78 is 1.53. The summed E-state index contributed by atoms with van der Waals surface area (Å²) in [6.07, 6.45) is 1.13. The van der Waals surface area contributed by atoms with Crippen LogP contribution in [0.25, 0.3) is 0 Å². The van der Waals surface area contributed by atoms with Gasteiger partial charge in [-0.2, -0.15) is 0 Å². The molecule has 2 heterocycles. The Labute approximate surface area is 155 Å². The number of hydrogen-bond acceptors (Lipinski definition) is 7. The molecule has 0 saturated carbocycles. The summed E-state index contributed by atoms with van der Waals surface area (Å²) in [5.74, 6) is 0.0663. The first-order chi connectivity index (χ1) is 12.6. The van der Waals surface area contributed by atoms with Crippen LogP contribution in [0.3, 0.4) is 0 Å². The monoisotopic (exact) mass is 374 g/mol. The van der Waals surface area contributed by atoms with Gasteiger partial charge in [-0.3, -0.25) is 4.79 Å². The molecule has 0 radical (unpaired) electrons. The molecule has 0 bridgehead atoms. The molecule has 2 aliphatic rings. The lowest BCUT2D eigenvalue weighted by molar-refractivity contribution is -0.120. The van der Waals surface area contributed by atoms with Crippen LogP contribution < -0.4 is 10.6 Å². The molecule has 1 aliphatic heterocycles. The smallest absolute Gasteiger partial charge is 0.231 e. The molecule has 1 saturated heterocycles. The van der Waals surface area contributed by atoms with E-state index in [1.165, 1.54) is 22.0 Å². The van der Waals surface area contributed by atoms with Crippen molar-refractivity contribution in [3.05, 3.63) is 35.4 Å². The zero-order valence-electron chi connectivity index (χ0n) is 14.6. The van der Waals surface area contributed by atoms with Crippen molar-refractivity contribution >= 4 is 17.7 Å². The average molecular weight is 374 g/mol. The number of aryl methyl sites for hydroxylation is 1. The van der Waals surface area contributed by atoms with E-state index in [1.807, 2.05) is 18.2 Å². The van der Waals surface area contributed by atoms with Crippen LogP contribution >= 0.6 is 11.8 Å². The average Bonchev–Trinajstić information content (AvgIpc) is 3.17. The second-order valence-electron chi connectivity index (χ2n) is 6.86. The number of aliphatic hydroxyl groups is 1. The molecule has 2 aromatic rings. The summed E-state index contributed by atoms with van der Waals surface area (Å²) in [6, 6.07) is 7.70. The Morgan fingerprint density at radius 2 is 2.19 bits per heavy atom. The van der Waals surface area contributed by atoms with Crippen molar-refractivity contribution in [3.8, 4) is 0 Å². The molecule has 0 unspecified atom stereocenters. The highest BCUT2D eigenvalue weighted by molar-refractivity contribution is 7.99. The number of thioether (sulfide) groups is 1. The predicted molar refractivity (Wildman–Crippen MR) is 96.6 cm³/mol. The molecule has 2 atom stereocenters. The number of rotatable bonds is 4. The van der Waals surface area contributed by atoms with Gasteiger partial charge in [0, 0.05) is 12.5 Å².